The van der Waals surface area contributed by atoms with Crippen molar-refractivity contribution in [2.24, 2.45) is 0 Å². The number of likely N-dealkylation sites (tertiary alicyclic amines) is 1. The molecule has 4 heterocycles. The van der Waals surface area contributed by atoms with Gasteiger partial charge in [-0.2, -0.15) is 4.98 Å². The lowest BCUT2D eigenvalue weighted by Crippen LogP contribution is -2.29. The molecule has 188 valence electrons. The normalized spacial score (nSPS) is 14.8. The van der Waals surface area contributed by atoms with Gasteiger partial charge in [0.2, 0.25) is 5.95 Å². The van der Waals surface area contributed by atoms with Gasteiger partial charge in [-0.05, 0) is 86.6 Å². The molecule has 0 atom stereocenters. The summed E-state index contributed by atoms with van der Waals surface area (Å²) in [6.45, 7) is 4.35. The number of carbonyl (C=O) groups is 1. The Balaban J connectivity index is 1.60. The largest absolute Gasteiger partial charge is 0.495 e. The zero-order valence-corrected chi connectivity index (χ0v) is 21.7. The molecule has 9 nitrogen and oxygen atoms in total. The molecule has 1 fully saturated rings. The van der Waals surface area contributed by atoms with Crippen molar-refractivity contribution in [2.45, 2.75) is 25.7 Å². The van der Waals surface area contributed by atoms with Crippen LogP contribution in [0.3, 0.4) is 0 Å². The Morgan fingerprint density at radius 3 is 2.69 bits per heavy atom. The number of nitrogen functional groups attached to an aromatic ring is 1. The number of nitrogens with two attached hydrogens (primary N) is 1. The van der Waals surface area contributed by atoms with Crippen molar-refractivity contribution in [3.05, 3.63) is 51.8 Å². The van der Waals surface area contributed by atoms with Crippen LogP contribution < -0.4 is 15.8 Å². The second-order valence-electron chi connectivity index (χ2n) is 9.09. The topological polar surface area (TPSA) is 108 Å². The number of thiophene rings is 1. The summed E-state index contributed by atoms with van der Waals surface area (Å²) in [7, 11) is 5.23. The highest BCUT2D eigenvalue weighted by atomic mass is 32.1. The Hall–Kier alpha value is -3.63. The van der Waals surface area contributed by atoms with E-state index in [0.717, 1.165) is 42.9 Å². The Morgan fingerprint density at radius 1 is 1.19 bits per heavy atom. The number of hydrogen-bond donors (Lipinski definition) is 2. The van der Waals surface area contributed by atoms with Crippen LogP contribution in [-0.4, -0.2) is 59.8 Å². The number of esters is 1. The molecule has 1 aromatic carbocycles. The zero-order chi connectivity index (χ0) is 25.4. The van der Waals surface area contributed by atoms with Gasteiger partial charge in [0, 0.05) is 6.20 Å². The third-order valence-electron chi connectivity index (χ3n) is 6.83. The van der Waals surface area contributed by atoms with Crippen LogP contribution >= 0.6 is 11.3 Å². The lowest BCUT2D eigenvalue weighted by molar-refractivity contribution is 0.0607. The number of methoxy groups -OCH3 is 2. The van der Waals surface area contributed by atoms with E-state index in [1.807, 2.05) is 28.3 Å². The summed E-state index contributed by atoms with van der Waals surface area (Å²) in [5, 5.41) is 5.10. The molecule has 10 heteroatoms. The van der Waals surface area contributed by atoms with Gasteiger partial charge in [0.05, 0.1) is 31.1 Å². The maximum absolute atomic E-state index is 12.2. The van der Waals surface area contributed by atoms with Gasteiger partial charge in [0.25, 0.3) is 0 Å². The zero-order valence-electron chi connectivity index (χ0n) is 20.9. The number of benzene rings is 1. The number of fused-ring (bicyclic) bond motifs is 1. The van der Waals surface area contributed by atoms with Gasteiger partial charge in [-0.3, -0.25) is 0 Å². The van der Waals surface area contributed by atoms with Crippen LogP contribution in [0.2, 0.25) is 0 Å². The highest BCUT2D eigenvalue weighted by Gasteiger charge is 2.23. The Morgan fingerprint density at radius 2 is 1.97 bits per heavy atom. The van der Waals surface area contributed by atoms with Crippen molar-refractivity contribution in [2.75, 3.05) is 45.4 Å². The predicted octanol–water partition coefficient (Wildman–Crippen LogP) is 4.72. The lowest BCUT2D eigenvalue weighted by atomic mass is 9.86. The molecule has 0 amide bonds. The van der Waals surface area contributed by atoms with E-state index in [2.05, 4.69) is 46.3 Å². The number of rotatable bonds is 6. The van der Waals surface area contributed by atoms with Gasteiger partial charge in [0.1, 0.15) is 16.1 Å². The first kappa shape index (κ1) is 24.1. The molecular formula is C26H30N6O3S. The molecule has 0 radical (unpaired) electrons. The predicted molar refractivity (Wildman–Crippen MR) is 143 cm³/mol. The third-order valence-corrected chi connectivity index (χ3v) is 7.72. The van der Waals surface area contributed by atoms with Crippen LogP contribution in [0, 0.1) is 6.92 Å². The number of ether oxygens (including phenoxy) is 2. The first-order chi connectivity index (χ1) is 17.4. The van der Waals surface area contributed by atoms with Crippen molar-refractivity contribution >= 4 is 45.8 Å². The monoisotopic (exact) mass is 506 g/mol. The van der Waals surface area contributed by atoms with Gasteiger partial charge in [-0.15, -0.1) is 11.3 Å². The number of piperidine rings is 1. The minimum atomic E-state index is -0.414. The molecule has 0 aliphatic carbocycles. The third kappa shape index (κ3) is 4.38. The first-order valence-corrected chi connectivity index (χ1v) is 12.7. The fourth-order valence-electron chi connectivity index (χ4n) is 4.94. The van der Waals surface area contributed by atoms with Gasteiger partial charge >= 0.3 is 5.97 Å². The lowest BCUT2D eigenvalue weighted by Gasteiger charge is -2.30. The fourth-order valence-corrected chi connectivity index (χ4v) is 5.70. The summed E-state index contributed by atoms with van der Waals surface area (Å²) in [5.41, 5.74) is 11.5. The number of anilines is 3. The molecule has 0 saturated carbocycles. The maximum atomic E-state index is 12.2. The minimum Gasteiger partial charge on any atom is -0.495 e. The number of aryl methyl sites for hydroxylation is 1. The van der Waals surface area contributed by atoms with E-state index in [1.54, 1.807) is 7.11 Å². The van der Waals surface area contributed by atoms with Crippen molar-refractivity contribution in [3.63, 3.8) is 0 Å². The summed E-state index contributed by atoms with van der Waals surface area (Å²) < 4.78 is 12.8. The second kappa shape index (κ2) is 9.79. The van der Waals surface area contributed by atoms with Crippen LogP contribution in [0.15, 0.2) is 35.8 Å². The standard InChI is InChI=1S/C26H30N6O3S/c1-15-13-20(21(34-3)14-17(15)16-5-9-31(2)10-6-16)32-11-7-18-22(32)24(30-26(27)29-18)28-19-8-12-36-23(19)25(33)35-4/h7-8,11-14,16H,5-6,9-10H2,1-4H3,(H3,27,28,29,30). The number of nitrogens with zero attached hydrogens (tertiary/aromatic N) is 4. The quantitative estimate of drug-likeness (QED) is 0.362. The van der Waals surface area contributed by atoms with Crippen molar-refractivity contribution in [1.82, 2.24) is 19.4 Å². The average molecular weight is 507 g/mol. The molecule has 36 heavy (non-hydrogen) atoms. The smallest absolute Gasteiger partial charge is 0.350 e. The van der Waals surface area contributed by atoms with E-state index >= 15 is 0 Å². The molecule has 4 aromatic rings. The van der Waals surface area contributed by atoms with E-state index in [9.17, 15) is 4.79 Å². The Bertz CT molecular complexity index is 1420. The summed E-state index contributed by atoms with van der Waals surface area (Å²) >= 11 is 1.30. The number of aromatic nitrogens is 3. The molecule has 3 N–H and O–H groups in total. The van der Waals surface area contributed by atoms with Crippen LogP contribution in [0.4, 0.5) is 17.5 Å². The molecule has 0 spiro atoms. The van der Waals surface area contributed by atoms with E-state index in [0.29, 0.717) is 27.8 Å². The summed E-state index contributed by atoms with van der Waals surface area (Å²) in [4.78, 5) is 24.0. The molecule has 1 saturated heterocycles. The van der Waals surface area contributed by atoms with Gasteiger partial charge in [-0.1, -0.05) is 0 Å². The molecule has 1 aliphatic rings. The summed E-state index contributed by atoms with van der Waals surface area (Å²) in [5.74, 6) is 1.51. The highest BCUT2D eigenvalue weighted by Crippen LogP contribution is 2.38. The van der Waals surface area contributed by atoms with E-state index < -0.39 is 5.97 Å². The van der Waals surface area contributed by atoms with E-state index in [-0.39, 0.29) is 5.95 Å². The first-order valence-electron chi connectivity index (χ1n) is 11.8. The van der Waals surface area contributed by atoms with Gasteiger partial charge < -0.3 is 30.0 Å². The second-order valence-corrected chi connectivity index (χ2v) is 10.0. The van der Waals surface area contributed by atoms with Crippen LogP contribution in [0.25, 0.3) is 16.7 Å². The molecule has 3 aromatic heterocycles. The molecule has 0 bridgehead atoms. The van der Waals surface area contributed by atoms with Gasteiger partial charge in [-0.25, -0.2) is 9.78 Å². The number of hydrogen-bond acceptors (Lipinski definition) is 9. The molecule has 0 unspecified atom stereocenters. The van der Waals surface area contributed by atoms with E-state index in [4.69, 9.17) is 15.2 Å². The van der Waals surface area contributed by atoms with Crippen molar-refractivity contribution < 1.29 is 14.3 Å². The summed E-state index contributed by atoms with van der Waals surface area (Å²) in [6, 6.07) is 8.05. The van der Waals surface area contributed by atoms with Gasteiger partial charge in [0.15, 0.2) is 5.82 Å². The Labute approximate surface area is 213 Å². The van der Waals surface area contributed by atoms with Crippen LogP contribution in [0.5, 0.6) is 5.75 Å². The molecule has 5 rings (SSSR count). The highest BCUT2D eigenvalue weighted by molar-refractivity contribution is 7.12. The average Bonchev–Trinajstić information content (AvgIpc) is 3.51. The fraction of sp³-hybridized carbons (Fsp3) is 0.346. The number of nitrogens with one attached hydrogen (secondary N) is 1. The molecular weight excluding hydrogens is 476 g/mol. The minimum absolute atomic E-state index is 0.137. The summed E-state index contributed by atoms with van der Waals surface area (Å²) in [6.07, 6.45) is 4.21. The van der Waals surface area contributed by atoms with Crippen molar-refractivity contribution in [1.29, 1.82) is 0 Å². The van der Waals surface area contributed by atoms with Crippen LogP contribution in [-0.2, 0) is 4.74 Å². The Kier molecular flexibility index (Phi) is 6.55. The SMILES string of the molecule is COC(=O)c1sccc1Nc1nc(N)nc2ccn(-c3cc(C)c(C4CCN(C)CC4)cc3OC)c12. The van der Waals surface area contributed by atoms with Crippen LogP contribution in [0.1, 0.15) is 39.6 Å². The number of carbonyl (C=O) groups excluding carboxylic acids is 1. The van der Waals surface area contributed by atoms with Crippen molar-refractivity contribution in [3.8, 4) is 11.4 Å². The maximum Gasteiger partial charge on any atom is 0.350 e. The van der Waals surface area contributed by atoms with E-state index in [1.165, 1.54) is 29.6 Å². The molecule has 1 aliphatic heterocycles.